The maximum Gasteiger partial charge on any atom is 0.227 e. The molecule has 178 valence electrons. The van der Waals surface area contributed by atoms with Crippen LogP contribution in [-0.2, 0) is 20.9 Å². The first-order valence-electron chi connectivity index (χ1n) is 12.0. The van der Waals surface area contributed by atoms with Crippen LogP contribution in [0.4, 0.5) is 5.69 Å². The normalized spacial score (nSPS) is 17.0. The van der Waals surface area contributed by atoms with E-state index in [4.69, 9.17) is 14.2 Å². The monoisotopic (exact) mass is 451 g/mol. The molecule has 1 fully saturated rings. The molecule has 0 saturated carbocycles. The van der Waals surface area contributed by atoms with E-state index in [0.29, 0.717) is 13.0 Å². The fourth-order valence-electron chi connectivity index (χ4n) is 4.26. The highest BCUT2D eigenvalue weighted by atomic mass is 16.5. The first-order chi connectivity index (χ1) is 16.2. The SMILES string of the molecule is CCCCCCC(OCc1ccc(OC)cc1)c1ccc(N2C(=O)CC[C@@H]2C=COC)cc1. The van der Waals surface area contributed by atoms with Crippen LogP contribution in [0.1, 0.15) is 69.1 Å². The third-order valence-electron chi connectivity index (χ3n) is 6.16. The molecule has 0 aliphatic carbocycles. The number of amides is 1. The Kier molecular flexibility index (Phi) is 9.82. The van der Waals surface area contributed by atoms with Crippen LogP contribution in [0.15, 0.2) is 60.9 Å². The van der Waals surface area contributed by atoms with E-state index in [1.165, 1.54) is 19.3 Å². The van der Waals surface area contributed by atoms with Crippen molar-refractivity contribution >= 4 is 11.6 Å². The van der Waals surface area contributed by atoms with Gasteiger partial charge in [-0.2, -0.15) is 0 Å². The molecule has 1 unspecified atom stereocenters. The van der Waals surface area contributed by atoms with E-state index in [1.54, 1.807) is 20.5 Å². The zero-order chi connectivity index (χ0) is 23.5. The maximum atomic E-state index is 12.5. The lowest BCUT2D eigenvalue weighted by Crippen LogP contribution is -2.31. The Morgan fingerprint density at radius 1 is 1.03 bits per heavy atom. The first kappa shape index (κ1) is 24.8. The van der Waals surface area contributed by atoms with Gasteiger partial charge in [0.15, 0.2) is 0 Å². The Labute approximate surface area is 198 Å². The van der Waals surface area contributed by atoms with Gasteiger partial charge in [0.2, 0.25) is 5.91 Å². The van der Waals surface area contributed by atoms with Crippen LogP contribution in [0.5, 0.6) is 5.75 Å². The van der Waals surface area contributed by atoms with E-state index in [2.05, 4.69) is 19.1 Å². The summed E-state index contributed by atoms with van der Waals surface area (Å²) in [6, 6.07) is 16.4. The third kappa shape index (κ3) is 7.10. The summed E-state index contributed by atoms with van der Waals surface area (Å²) in [5.74, 6) is 1.00. The fourth-order valence-corrected chi connectivity index (χ4v) is 4.26. The molecule has 1 heterocycles. The van der Waals surface area contributed by atoms with Crippen molar-refractivity contribution in [3.63, 3.8) is 0 Å². The van der Waals surface area contributed by atoms with Gasteiger partial charge in [-0.25, -0.2) is 0 Å². The van der Waals surface area contributed by atoms with Crippen molar-refractivity contribution in [2.45, 2.75) is 70.6 Å². The molecule has 0 radical (unpaired) electrons. The highest BCUT2D eigenvalue weighted by Crippen LogP contribution is 2.31. The van der Waals surface area contributed by atoms with Crippen molar-refractivity contribution in [3.8, 4) is 5.75 Å². The predicted molar refractivity (Wildman–Crippen MR) is 132 cm³/mol. The van der Waals surface area contributed by atoms with Crippen molar-refractivity contribution < 1.29 is 19.0 Å². The van der Waals surface area contributed by atoms with Gasteiger partial charge in [-0.05, 0) is 54.3 Å². The Morgan fingerprint density at radius 2 is 1.79 bits per heavy atom. The van der Waals surface area contributed by atoms with Crippen LogP contribution in [-0.4, -0.2) is 26.2 Å². The topological polar surface area (TPSA) is 48.0 Å². The molecule has 1 aliphatic rings. The molecule has 5 heteroatoms. The highest BCUT2D eigenvalue weighted by Gasteiger charge is 2.30. The summed E-state index contributed by atoms with van der Waals surface area (Å²) in [4.78, 5) is 14.4. The second-order valence-electron chi connectivity index (χ2n) is 8.52. The number of rotatable bonds is 13. The molecule has 1 amide bonds. The molecule has 1 aliphatic heterocycles. The Balaban J connectivity index is 1.70. The standard InChI is InChI=1S/C28H37NO4/c1-4-5-6-7-8-27(33-21-22-9-16-26(32-3)17-10-22)23-11-13-24(14-12-23)29-25(19-20-31-2)15-18-28(29)30/h9-14,16-17,19-20,25,27H,4-8,15,18,21H2,1-3H3/t25-,27?/m1/s1. The second kappa shape index (κ2) is 13.0. The quantitative estimate of drug-likeness (QED) is 0.255. The molecule has 1 saturated heterocycles. The molecule has 2 atom stereocenters. The minimum Gasteiger partial charge on any atom is -0.505 e. The molecule has 2 aromatic rings. The van der Waals surface area contributed by atoms with Crippen LogP contribution in [0.2, 0.25) is 0 Å². The van der Waals surface area contributed by atoms with Crippen molar-refractivity contribution in [2.75, 3.05) is 19.1 Å². The summed E-state index contributed by atoms with van der Waals surface area (Å²) in [6.07, 6.45) is 10.8. The van der Waals surface area contributed by atoms with E-state index in [9.17, 15) is 4.79 Å². The maximum absolute atomic E-state index is 12.5. The summed E-state index contributed by atoms with van der Waals surface area (Å²) in [7, 11) is 3.30. The van der Waals surface area contributed by atoms with Gasteiger partial charge in [-0.1, -0.05) is 56.9 Å². The number of unbranched alkanes of at least 4 members (excludes halogenated alkanes) is 3. The smallest absolute Gasteiger partial charge is 0.227 e. The summed E-state index contributed by atoms with van der Waals surface area (Å²) >= 11 is 0. The van der Waals surface area contributed by atoms with Gasteiger partial charge in [0.1, 0.15) is 5.75 Å². The largest absolute Gasteiger partial charge is 0.505 e. The number of ether oxygens (including phenoxy) is 3. The van der Waals surface area contributed by atoms with Gasteiger partial charge in [0.05, 0.1) is 39.2 Å². The summed E-state index contributed by atoms with van der Waals surface area (Å²) in [5, 5.41) is 0. The van der Waals surface area contributed by atoms with E-state index in [-0.39, 0.29) is 18.1 Å². The van der Waals surface area contributed by atoms with Gasteiger partial charge in [0.25, 0.3) is 0 Å². The van der Waals surface area contributed by atoms with E-state index >= 15 is 0 Å². The molecule has 3 rings (SSSR count). The van der Waals surface area contributed by atoms with Crippen molar-refractivity contribution in [3.05, 3.63) is 72.0 Å². The average Bonchev–Trinajstić information content (AvgIpc) is 3.22. The number of hydrogen-bond acceptors (Lipinski definition) is 4. The molecule has 33 heavy (non-hydrogen) atoms. The number of nitrogens with zero attached hydrogens (tertiary/aromatic N) is 1. The third-order valence-corrected chi connectivity index (χ3v) is 6.16. The van der Waals surface area contributed by atoms with Gasteiger partial charge in [-0.15, -0.1) is 0 Å². The Bertz CT molecular complexity index is 876. The van der Waals surface area contributed by atoms with Crippen LogP contribution in [0, 0.1) is 0 Å². The lowest BCUT2D eigenvalue weighted by atomic mass is 10.0. The van der Waals surface area contributed by atoms with E-state index < -0.39 is 0 Å². The zero-order valence-corrected chi connectivity index (χ0v) is 20.2. The molecule has 0 N–H and O–H groups in total. The molecule has 0 spiro atoms. The summed E-state index contributed by atoms with van der Waals surface area (Å²) < 4.78 is 16.7. The molecule has 0 aromatic heterocycles. The van der Waals surface area contributed by atoms with E-state index in [1.807, 2.05) is 47.4 Å². The Hall–Kier alpha value is -2.79. The van der Waals surface area contributed by atoms with Gasteiger partial charge in [-0.3, -0.25) is 4.79 Å². The number of hydrogen-bond donors (Lipinski definition) is 0. The Morgan fingerprint density at radius 3 is 2.45 bits per heavy atom. The average molecular weight is 452 g/mol. The van der Waals surface area contributed by atoms with Crippen LogP contribution in [0.3, 0.4) is 0 Å². The highest BCUT2D eigenvalue weighted by molar-refractivity contribution is 5.96. The van der Waals surface area contributed by atoms with Gasteiger partial charge >= 0.3 is 0 Å². The number of carbonyl (C=O) groups is 1. The van der Waals surface area contributed by atoms with Crippen molar-refractivity contribution in [1.82, 2.24) is 0 Å². The minimum atomic E-state index is 0.0245. The second-order valence-corrected chi connectivity index (χ2v) is 8.52. The number of benzene rings is 2. The lowest BCUT2D eigenvalue weighted by Gasteiger charge is -2.24. The molecular weight excluding hydrogens is 414 g/mol. The molecular formula is C28H37NO4. The number of methoxy groups -OCH3 is 2. The number of anilines is 1. The lowest BCUT2D eigenvalue weighted by molar-refractivity contribution is -0.117. The van der Waals surface area contributed by atoms with Crippen molar-refractivity contribution in [2.24, 2.45) is 0 Å². The van der Waals surface area contributed by atoms with Crippen LogP contribution in [0.25, 0.3) is 0 Å². The van der Waals surface area contributed by atoms with Crippen LogP contribution >= 0.6 is 0 Å². The van der Waals surface area contributed by atoms with Crippen molar-refractivity contribution in [1.29, 1.82) is 0 Å². The summed E-state index contributed by atoms with van der Waals surface area (Å²) in [6.45, 7) is 2.78. The zero-order valence-electron chi connectivity index (χ0n) is 20.2. The van der Waals surface area contributed by atoms with Gasteiger partial charge in [0, 0.05) is 12.1 Å². The van der Waals surface area contributed by atoms with Crippen LogP contribution < -0.4 is 9.64 Å². The molecule has 2 aromatic carbocycles. The minimum absolute atomic E-state index is 0.0245. The predicted octanol–water partition coefficient (Wildman–Crippen LogP) is 6.58. The van der Waals surface area contributed by atoms with Gasteiger partial charge < -0.3 is 19.1 Å². The molecule has 0 bridgehead atoms. The molecule has 5 nitrogen and oxygen atoms in total. The number of carbonyl (C=O) groups excluding carboxylic acids is 1. The first-order valence-corrected chi connectivity index (χ1v) is 12.0. The van der Waals surface area contributed by atoms with E-state index in [0.717, 1.165) is 41.8 Å². The fraction of sp³-hybridized carbons (Fsp3) is 0.464. The summed E-state index contributed by atoms with van der Waals surface area (Å²) in [5.41, 5.74) is 3.20.